The molecule has 3 nitrogen and oxygen atoms in total. The van der Waals surface area contributed by atoms with Gasteiger partial charge in [-0.05, 0) is 31.2 Å². The van der Waals surface area contributed by atoms with Crippen molar-refractivity contribution in [2.24, 2.45) is 5.73 Å². The number of rotatable bonds is 5. The van der Waals surface area contributed by atoms with Crippen molar-refractivity contribution < 1.29 is 4.79 Å². The third-order valence-electron chi connectivity index (χ3n) is 4.38. The smallest absolute Gasteiger partial charge is 0.237 e. The van der Waals surface area contributed by atoms with Gasteiger partial charge in [0.1, 0.15) is 0 Å². The highest BCUT2D eigenvalue weighted by molar-refractivity contribution is 5.81. The average molecular weight is 288 g/mol. The molecular weight excluding hydrogens is 260 g/mol. The molecule has 1 atom stereocenters. The van der Waals surface area contributed by atoms with Crippen molar-refractivity contribution in [1.29, 1.82) is 0 Å². The van der Waals surface area contributed by atoms with Gasteiger partial charge in [0.05, 0.1) is 6.04 Å². The molecule has 3 heteroatoms. The van der Waals surface area contributed by atoms with Crippen molar-refractivity contribution in [2.75, 3.05) is 0 Å². The van der Waals surface area contributed by atoms with Gasteiger partial charge in [-0.25, -0.2) is 0 Å². The van der Waals surface area contributed by atoms with Crippen molar-refractivity contribution >= 4 is 5.91 Å². The van der Waals surface area contributed by atoms with E-state index in [9.17, 15) is 4.79 Å². The van der Waals surface area contributed by atoms with E-state index in [1.807, 2.05) is 18.2 Å². The molecule has 2 rings (SSSR count). The Morgan fingerprint density at radius 2 is 1.71 bits per heavy atom. The van der Waals surface area contributed by atoms with E-state index in [1.165, 1.54) is 37.7 Å². The fourth-order valence-corrected chi connectivity index (χ4v) is 3.01. The van der Waals surface area contributed by atoms with Crippen LogP contribution in [0.25, 0.3) is 0 Å². The number of nitrogens with two attached hydrogens (primary N) is 1. The highest BCUT2D eigenvalue weighted by atomic mass is 16.2. The molecule has 0 bridgehead atoms. The number of amides is 1. The van der Waals surface area contributed by atoms with Gasteiger partial charge in [-0.15, -0.1) is 0 Å². The normalized spacial score (nSPS) is 18.5. The van der Waals surface area contributed by atoms with E-state index in [2.05, 4.69) is 17.4 Å². The average Bonchev–Trinajstić information content (AvgIpc) is 2.48. The summed E-state index contributed by atoms with van der Waals surface area (Å²) in [6, 6.07) is 10.2. The molecule has 21 heavy (non-hydrogen) atoms. The second-order valence-electron chi connectivity index (χ2n) is 6.18. The lowest BCUT2D eigenvalue weighted by Crippen LogP contribution is -2.45. The SMILES string of the molecule is N[C@@H](CCc1ccccc1)C(=O)NC1CCCCCCC1. The summed E-state index contributed by atoms with van der Waals surface area (Å²) in [6.45, 7) is 0. The number of hydrogen-bond donors (Lipinski definition) is 2. The van der Waals surface area contributed by atoms with Crippen molar-refractivity contribution in [3.05, 3.63) is 35.9 Å². The first-order valence-electron chi connectivity index (χ1n) is 8.35. The van der Waals surface area contributed by atoms with Crippen molar-refractivity contribution in [1.82, 2.24) is 5.32 Å². The van der Waals surface area contributed by atoms with E-state index in [1.54, 1.807) is 0 Å². The lowest BCUT2D eigenvalue weighted by Gasteiger charge is -2.23. The van der Waals surface area contributed by atoms with Gasteiger partial charge in [0.15, 0.2) is 0 Å². The molecule has 0 saturated heterocycles. The Bertz CT molecular complexity index is 410. The molecule has 1 aliphatic carbocycles. The Kier molecular flexibility index (Phi) is 6.74. The van der Waals surface area contributed by atoms with Crippen LogP contribution in [-0.4, -0.2) is 18.0 Å². The zero-order valence-corrected chi connectivity index (χ0v) is 12.9. The van der Waals surface area contributed by atoms with Crippen LogP contribution in [0.2, 0.25) is 0 Å². The van der Waals surface area contributed by atoms with Gasteiger partial charge >= 0.3 is 0 Å². The number of aryl methyl sites for hydroxylation is 1. The summed E-state index contributed by atoms with van der Waals surface area (Å²) in [5.74, 6) is 0.0245. The molecule has 0 aromatic heterocycles. The van der Waals surface area contributed by atoms with Crippen molar-refractivity contribution in [3.8, 4) is 0 Å². The summed E-state index contributed by atoms with van der Waals surface area (Å²) in [5, 5.41) is 3.16. The monoisotopic (exact) mass is 288 g/mol. The lowest BCUT2D eigenvalue weighted by molar-refractivity contribution is -0.123. The van der Waals surface area contributed by atoms with E-state index in [-0.39, 0.29) is 5.91 Å². The molecule has 1 saturated carbocycles. The summed E-state index contributed by atoms with van der Waals surface area (Å²) in [5.41, 5.74) is 7.28. The summed E-state index contributed by atoms with van der Waals surface area (Å²) in [6.07, 6.45) is 10.2. The van der Waals surface area contributed by atoms with E-state index in [0.717, 1.165) is 19.3 Å². The molecule has 0 aliphatic heterocycles. The maximum Gasteiger partial charge on any atom is 0.237 e. The lowest BCUT2D eigenvalue weighted by atomic mass is 9.96. The van der Waals surface area contributed by atoms with Crippen LogP contribution in [-0.2, 0) is 11.2 Å². The van der Waals surface area contributed by atoms with Gasteiger partial charge in [0, 0.05) is 6.04 Å². The van der Waals surface area contributed by atoms with Crippen LogP contribution in [0.1, 0.15) is 56.9 Å². The van der Waals surface area contributed by atoms with E-state index in [0.29, 0.717) is 12.5 Å². The van der Waals surface area contributed by atoms with Gasteiger partial charge in [-0.2, -0.15) is 0 Å². The summed E-state index contributed by atoms with van der Waals surface area (Å²) < 4.78 is 0. The van der Waals surface area contributed by atoms with Crippen LogP contribution in [0.4, 0.5) is 0 Å². The fourth-order valence-electron chi connectivity index (χ4n) is 3.01. The molecule has 1 fully saturated rings. The van der Waals surface area contributed by atoms with Crippen LogP contribution in [0.5, 0.6) is 0 Å². The van der Waals surface area contributed by atoms with Crippen LogP contribution in [0.3, 0.4) is 0 Å². The van der Waals surface area contributed by atoms with E-state index >= 15 is 0 Å². The first-order valence-corrected chi connectivity index (χ1v) is 8.35. The fraction of sp³-hybridized carbons (Fsp3) is 0.611. The van der Waals surface area contributed by atoms with Gasteiger partial charge in [0.25, 0.3) is 0 Å². The quantitative estimate of drug-likeness (QED) is 0.874. The molecule has 1 aliphatic rings. The second kappa shape index (κ2) is 8.83. The second-order valence-corrected chi connectivity index (χ2v) is 6.18. The first-order chi connectivity index (χ1) is 10.3. The number of nitrogens with one attached hydrogen (secondary N) is 1. The first kappa shape index (κ1) is 16.0. The molecule has 0 unspecified atom stereocenters. The summed E-state index contributed by atoms with van der Waals surface area (Å²) in [7, 11) is 0. The number of carbonyl (C=O) groups is 1. The van der Waals surface area contributed by atoms with Gasteiger partial charge in [-0.3, -0.25) is 4.79 Å². The molecule has 1 amide bonds. The highest BCUT2D eigenvalue weighted by Gasteiger charge is 2.18. The minimum Gasteiger partial charge on any atom is -0.352 e. The minimum absolute atomic E-state index is 0.0245. The Hall–Kier alpha value is -1.35. The highest BCUT2D eigenvalue weighted by Crippen LogP contribution is 2.17. The molecule has 3 N–H and O–H groups in total. The third-order valence-corrected chi connectivity index (χ3v) is 4.38. The standard InChI is InChI=1S/C18H28N2O/c19-17(14-13-15-9-5-4-6-10-15)18(21)20-16-11-7-2-1-3-8-12-16/h4-6,9-10,16-17H,1-3,7-8,11-14,19H2,(H,20,21)/t17-/m0/s1. The topological polar surface area (TPSA) is 55.1 Å². The zero-order valence-electron chi connectivity index (χ0n) is 12.9. The van der Waals surface area contributed by atoms with Crippen molar-refractivity contribution in [2.45, 2.75) is 69.9 Å². The Balaban J connectivity index is 1.73. The largest absolute Gasteiger partial charge is 0.352 e. The summed E-state index contributed by atoms with van der Waals surface area (Å²) in [4.78, 5) is 12.2. The van der Waals surface area contributed by atoms with Crippen molar-refractivity contribution in [3.63, 3.8) is 0 Å². The van der Waals surface area contributed by atoms with Crippen LogP contribution < -0.4 is 11.1 Å². The maximum absolute atomic E-state index is 12.2. The van der Waals surface area contributed by atoms with Crippen LogP contribution in [0.15, 0.2) is 30.3 Å². The summed E-state index contributed by atoms with van der Waals surface area (Å²) >= 11 is 0. The Morgan fingerprint density at radius 1 is 1.10 bits per heavy atom. The third kappa shape index (κ3) is 5.88. The van der Waals surface area contributed by atoms with Crippen LogP contribution in [0, 0.1) is 0 Å². The van der Waals surface area contributed by atoms with Gasteiger partial charge in [-0.1, -0.05) is 62.4 Å². The maximum atomic E-state index is 12.2. The number of benzene rings is 1. The van der Waals surface area contributed by atoms with E-state index < -0.39 is 6.04 Å². The number of carbonyl (C=O) groups excluding carboxylic acids is 1. The molecule has 1 aromatic rings. The zero-order chi connectivity index (χ0) is 14.9. The van der Waals surface area contributed by atoms with Crippen LogP contribution >= 0.6 is 0 Å². The van der Waals surface area contributed by atoms with Gasteiger partial charge in [0.2, 0.25) is 5.91 Å². The minimum atomic E-state index is -0.393. The predicted octanol–water partition coefficient (Wildman–Crippen LogP) is 3.18. The molecule has 116 valence electrons. The molecule has 0 heterocycles. The number of hydrogen-bond acceptors (Lipinski definition) is 2. The predicted molar refractivity (Wildman–Crippen MR) is 87.0 cm³/mol. The molecule has 0 radical (unpaired) electrons. The molecule has 0 spiro atoms. The Morgan fingerprint density at radius 3 is 2.38 bits per heavy atom. The molecule has 1 aromatic carbocycles. The Labute approximate surface area is 128 Å². The molecular formula is C18H28N2O. The van der Waals surface area contributed by atoms with E-state index in [4.69, 9.17) is 5.73 Å². The van der Waals surface area contributed by atoms with Gasteiger partial charge < -0.3 is 11.1 Å².